The Morgan fingerprint density at radius 2 is 1.80 bits per heavy atom. The Hall–Kier alpha value is -2.20. The standard InChI is InChI=1S/C16H14O3S/c1-20-13-6-2-11(3-7-13)4-8-15(18)14-10-12(17)5-9-16(14)19/h2-10,17,19H,1H3/b8-4+. The molecule has 0 fully saturated rings. The van der Waals surface area contributed by atoms with Crippen LogP contribution in [0.2, 0.25) is 0 Å². The highest BCUT2D eigenvalue weighted by Crippen LogP contribution is 2.23. The Balaban J connectivity index is 2.17. The third kappa shape index (κ3) is 3.42. The number of aromatic hydroxyl groups is 2. The largest absolute Gasteiger partial charge is 0.508 e. The first-order valence-corrected chi connectivity index (χ1v) is 7.21. The van der Waals surface area contributed by atoms with Gasteiger partial charge in [0.25, 0.3) is 0 Å². The van der Waals surface area contributed by atoms with E-state index < -0.39 is 0 Å². The van der Waals surface area contributed by atoms with Crippen molar-refractivity contribution in [3.05, 3.63) is 59.7 Å². The lowest BCUT2D eigenvalue weighted by Gasteiger charge is -2.01. The van der Waals surface area contributed by atoms with Crippen LogP contribution in [0.1, 0.15) is 15.9 Å². The van der Waals surface area contributed by atoms with Crippen molar-refractivity contribution >= 4 is 23.6 Å². The van der Waals surface area contributed by atoms with Crippen molar-refractivity contribution in [2.24, 2.45) is 0 Å². The number of benzene rings is 2. The molecule has 0 aliphatic heterocycles. The van der Waals surface area contributed by atoms with E-state index in [2.05, 4.69) is 0 Å². The Labute approximate surface area is 121 Å². The normalized spacial score (nSPS) is 10.8. The molecular weight excluding hydrogens is 272 g/mol. The molecule has 3 nitrogen and oxygen atoms in total. The predicted octanol–water partition coefficient (Wildman–Crippen LogP) is 3.72. The molecule has 0 aromatic heterocycles. The molecule has 2 rings (SSSR count). The molecule has 0 heterocycles. The van der Waals surface area contributed by atoms with Crippen LogP contribution >= 0.6 is 11.8 Å². The van der Waals surface area contributed by atoms with E-state index in [9.17, 15) is 15.0 Å². The fraction of sp³-hybridized carbons (Fsp3) is 0.0625. The summed E-state index contributed by atoms with van der Waals surface area (Å²) in [5.74, 6) is -0.550. The molecule has 20 heavy (non-hydrogen) atoms. The first-order valence-electron chi connectivity index (χ1n) is 5.98. The van der Waals surface area contributed by atoms with Gasteiger partial charge in [0.15, 0.2) is 5.78 Å². The highest BCUT2D eigenvalue weighted by molar-refractivity contribution is 7.98. The van der Waals surface area contributed by atoms with Gasteiger partial charge in [0.05, 0.1) is 5.56 Å². The minimum absolute atomic E-state index is 0.0520. The van der Waals surface area contributed by atoms with E-state index in [1.165, 1.54) is 24.3 Å². The fourth-order valence-electron chi connectivity index (χ4n) is 1.70. The van der Waals surface area contributed by atoms with Gasteiger partial charge in [0.1, 0.15) is 11.5 Å². The predicted molar refractivity (Wildman–Crippen MR) is 81.4 cm³/mol. The number of phenols is 2. The zero-order valence-electron chi connectivity index (χ0n) is 10.9. The van der Waals surface area contributed by atoms with Crippen molar-refractivity contribution in [1.29, 1.82) is 0 Å². The van der Waals surface area contributed by atoms with E-state index in [1.807, 2.05) is 30.5 Å². The molecule has 2 aromatic rings. The Morgan fingerprint density at radius 1 is 1.10 bits per heavy atom. The average molecular weight is 286 g/mol. The molecule has 0 unspecified atom stereocenters. The summed E-state index contributed by atoms with van der Waals surface area (Å²) >= 11 is 1.65. The maximum atomic E-state index is 12.0. The molecule has 0 atom stereocenters. The summed E-state index contributed by atoms with van der Waals surface area (Å²) in [6, 6.07) is 11.6. The van der Waals surface area contributed by atoms with Crippen molar-refractivity contribution in [2.75, 3.05) is 6.26 Å². The third-order valence-electron chi connectivity index (χ3n) is 2.79. The van der Waals surface area contributed by atoms with Gasteiger partial charge in [-0.3, -0.25) is 4.79 Å². The molecule has 0 amide bonds. The molecule has 2 aromatic carbocycles. The van der Waals surface area contributed by atoms with Gasteiger partial charge in [0, 0.05) is 4.90 Å². The molecule has 0 radical (unpaired) electrons. The van der Waals surface area contributed by atoms with Gasteiger partial charge in [-0.25, -0.2) is 0 Å². The number of thioether (sulfide) groups is 1. The van der Waals surface area contributed by atoms with Crippen LogP contribution < -0.4 is 0 Å². The molecule has 0 saturated heterocycles. The monoisotopic (exact) mass is 286 g/mol. The number of hydrogen-bond donors (Lipinski definition) is 2. The maximum Gasteiger partial charge on any atom is 0.189 e. The average Bonchev–Trinajstić information content (AvgIpc) is 2.47. The molecule has 0 saturated carbocycles. The van der Waals surface area contributed by atoms with E-state index in [4.69, 9.17) is 0 Å². The minimum Gasteiger partial charge on any atom is -0.508 e. The zero-order chi connectivity index (χ0) is 14.5. The van der Waals surface area contributed by atoms with Crippen LogP contribution in [-0.4, -0.2) is 22.3 Å². The van der Waals surface area contributed by atoms with Crippen molar-refractivity contribution in [2.45, 2.75) is 4.90 Å². The number of carbonyl (C=O) groups is 1. The molecule has 2 N–H and O–H groups in total. The summed E-state index contributed by atoms with van der Waals surface area (Å²) in [6.45, 7) is 0. The summed E-state index contributed by atoms with van der Waals surface area (Å²) < 4.78 is 0. The lowest BCUT2D eigenvalue weighted by molar-refractivity contribution is 0.104. The summed E-state index contributed by atoms with van der Waals surface area (Å²) in [5.41, 5.74) is 0.984. The smallest absolute Gasteiger partial charge is 0.189 e. The van der Waals surface area contributed by atoms with Gasteiger partial charge in [-0.2, -0.15) is 0 Å². The fourth-order valence-corrected chi connectivity index (χ4v) is 2.11. The highest BCUT2D eigenvalue weighted by atomic mass is 32.2. The third-order valence-corrected chi connectivity index (χ3v) is 3.53. The molecule has 4 heteroatoms. The number of hydrogen-bond acceptors (Lipinski definition) is 4. The molecule has 0 aliphatic rings. The summed E-state index contributed by atoms with van der Waals surface area (Å²) in [7, 11) is 0. The van der Waals surface area contributed by atoms with Gasteiger partial charge in [0.2, 0.25) is 0 Å². The van der Waals surface area contributed by atoms with E-state index in [-0.39, 0.29) is 22.8 Å². The molecule has 0 bridgehead atoms. The maximum absolute atomic E-state index is 12.0. The summed E-state index contributed by atoms with van der Waals surface area (Å²) in [6.07, 6.45) is 5.05. The number of carbonyl (C=O) groups excluding carboxylic acids is 1. The minimum atomic E-state index is -0.354. The topological polar surface area (TPSA) is 57.5 Å². The van der Waals surface area contributed by atoms with Crippen LogP contribution in [0.15, 0.2) is 53.4 Å². The van der Waals surface area contributed by atoms with E-state index >= 15 is 0 Å². The Kier molecular flexibility index (Phi) is 4.48. The van der Waals surface area contributed by atoms with Crippen LogP contribution in [-0.2, 0) is 0 Å². The second-order valence-electron chi connectivity index (χ2n) is 4.17. The van der Waals surface area contributed by atoms with E-state index in [0.29, 0.717) is 0 Å². The van der Waals surface area contributed by atoms with Gasteiger partial charge < -0.3 is 10.2 Å². The zero-order valence-corrected chi connectivity index (χ0v) is 11.7. The molecule has 0 spiro atoms. The van der Waals surface area contributed by atoms with Crippen molar-refractivity contribution in [1.82, 2.24) is 0 Å². The quantitative estimate of drug-likeness (QED) is 0.389. The van der Waals surface area contributed by atoms with Crippen LogP contribution in [0.25, 0.3) is 6.08 Å². The SMILES string of the molecule is CSc1ccc(/C=C/C(=O)c2cc(O)ccc2O)cc1. The van der Waals surface area contributed by atoms with E-state index in [1.54, 1.807) is 17.8 Å². The Bertz CT molecular complexity index is 645. The lowest BCUT2D eigenvalue weighted by Crippen LogP contribution is -1.94. The highest BCUT2D eigenvalue weighted by Gasteiger charge is 2.08. The van der Waals surface area contributed by atoms with Crippen molar-refractivity contribution in [3.8, 4) is 11.5 Å². The number of ketones is 1. The van der Waals surface area contributed by atoms with Crippen LogP contribution in [0.3, 0.4) is 0 Å². The number of rotatable bonds is 4. The van der Waals surface area contributed by atoms with Crippen molar-refractivity contribution < 1.29 is 15.0 Å². The first kappa shape index (κ1) is 14.2. The molecular formula is C16H14O3S. The molecule has 102 valence electrons. The Morgan fingerprint density at radius 3 is 2.45 bits per heavy atom. The second kappa shape index (κ2) is 6.30. The number of allylic oxidation sites excluding steroid dienone is 1. The summed E-state index contributed by atoms with van der Waals surface area (Å²) in [4.78, 5) is 13.1. The molecule has 0 aliphatic carbocycles. The van der Waals surface area contributed by atoms with Gasteiger partial charge in [-0.15, -0.1) is 11.8 Å². The van der Waals surface area contributed by atoms with E-state index in [0.717, 1.165) is 10.5 Å². The van der Waals surface area contributed by atoms with Crippen molar-refractivity contribution in [3.63, 3.8) is 0 Å². The van der Waals surface area contributed by atoms with Gasteiger partial charge in [-0.1, -0.05) is 18.2 Å². The second-order valence-corrected chi connectivity index (χ2v) is 5.05. The van der Waals surface area contributed by atoms with Crippen LogP contribution in [0, 0.1) is 0 Å². The van der Waals surface area contributed by atoms with Crippen LogP contribution in [0.5, 0.6) is 11.5 Å². The lowest BCUT2D eigenvalue weighted by atomic mass is 10.1. The first-order chi connectivity index (χ1) is 9.60. The van der Waals surface area contributed by atoms with Crippen LogP contribution in [0.4, 0.5) is 0 Å². The summed E-state index contributed by atoms with van der Waals surface area (Å²) in [5, 5.41) is 18.9. The number of phenolic OH excluding ortho intramolecular Hbond substituents is 2. The van der Waals surface area contributed by atoms with Gasteiger partial charge in [-0.05, 0) is 48.2 Å². The van der Waals surface area contributed by atoms with Gasteiger partial charge >= 0.3 is 0 Å².